The van der Waals surface area contributed by atoms with Gasteiger partial charge < -0.3 is 4.79 Å². The smallest absolute Gasteiger partial charge is 0.129 e. The van der Waals surface area contributed by atoms with Gasteiger partial charge in [-0.1, -0.05) is 33.6 Å². The third kappa shape index (κ3) is 5.34. The summed E-state index contributed by atoms with van der Waals surface area (Å²) in [5.74, 6) is 1.80. The Morgan fingerprint density at radius 2 is 1.67 bits per heavy atom. The van der Waals surface area contributed by atoms with Gasteiger partial charge in [0.05, 0.1) is 0 Å². The van der Waals surface area contributed by atoms with Crippen molar-refractivity contribution in [2.24, 2.45) is 11.8 Å². The summed E-state index contributed by atoms with van der Waals surface area (Å²) >= 11 is 0. The highest BCUT2D eigenvalue weighted by Gasteiger charge is 2.11. The third-order valence-electron chi connectivity index (χ3n) is 2.67. The van der Waals surface area contributed by atoms with E-state index >= 15 is 0 Å². The van der Waals surface area contributed by atoms with Crippen LogP contribution in [0.1, 0.15) is 53.4 Å². The van der Waals surface area contributed by atoms with Gasteiger partial charge in [-0.2, -0.15) is 0 Å². The Hall–Kier alpha value is -0.330. The number of carbonyl (C=O) groups is 1. The second-order valence-corrected chi connectivity index (χ2v) is 3.98. The van der Waals surface area contributed by atoms with Crippen LogP contribution in [0, 0.1) is 11.8 Å². The molecule has 1 heteroatoms. The van der Waals surface area contributed by atoms with Crippen LogP contribution in [0.15, 0.2) is 0 Å². The summed E-state index contributed by atoms with van der Waals surface area (Å²) in [6.45, 7) is 8.43. The van der Waals surface area contributed by atoms with Crippen molar-refractivity contribution in [1.82, 2.24) is 0 Å². The number of rotatable bonds is 6. The maximum atomic E-state index is 10.7. The normalized spacial score (nSPS) is 15.7. The summed E-state index contributed by atoms with van der Waals surface area (Å²) in [6, 6.07) is 0. The van der Waals surface area contributed by atoms with Gasteiger partial charge in [0, 0.05) is 6.42 Å². The second kappa shape index (κ2) is 6.22. The third-order valence-corrected chi connectivity index (χ3v) is 2.67. The van der Waals surface area contributed by atoms with Crippen molar-refractivity contribution in [3.8, 4) is 0 Å². The molecule has 0 spiro atoms. The first-order valence-electron chi connectivity index (χ1n) is 5.07. The maximum absolute atomic E-state index is 10.7. The fourth-order valence-corrected chi connectivity index (χ4v) is 1.46. The van der Waals surface area contributed by atoms with Gasteiger partial charge in [0.25, 0.3) is 0 Å². The molecule has 0 saturated carbocycles. The summed E-state index contributed by atoms with van der Waals surface area (Å²) in [6.07, 6.45) is 4.37. The van der Waals surface area contributed by atoms with Crippen LogP contribution < -0.4 is 0 Å². The summed E-state index contributed by atoms with van der Waals surface area (Å²) < 4.78 is 0. The van der Waals surface area contributed by atoms with E-state index in [2.05, 4.69) is 20.8 Å². The van der Waals surface area contributed by atoms with Gasteiger partial charge in [0.15, 0.2) is 0 Å². The number of hydrogen-bond donors (Lipinski definition) is 0. The summed E-state index contributed by atoms with van der Waals surface area (Å²) in [4.78, 5) is 10.7. The molecule has 0 bridgehead atoms. The standard InChI is InChI=1S/C11H22O/c1-5-6-9(2)10(3)7-8-11(4)12/h9-10H,5-8H2,1-4H3. The Balaban J connectivity index is 3.55. The van der Waals surface area contributed by atoms with E-state index in [4.69, 9.17) is 0 Å². The molecule has 12 heavy (non-hydrogen) atoms. The van der Waals surface area contributed by atoms with Crippen LogP contribution in [-0.4, -0.2) is 5.78 Å². The van der Waals surface area contributed by atoms with Gasteiger partial charge in [-0.05, 0) is 25.2 Å². The first kappa shape index (κ1) is 11.7. The van der Waals surface area contributed by atoms with Crippen molar-refractivity contribution in [3.05, 3.63) is 0 Å². The summed E-state index contributed by atoms with van der Waals surface area (Å²) in [5.41, 5.74) is 0. The largest absolute Gasteiger partial charge is 0.300 e. The van der Waals surface area contributed by atoms with Gasteiger partial charge in [-0.15, -0.1) is 0 Å². The minimum atomic E-state index is 0.325. The van der Waals surface area contributed by atoms with Gasteiger partial charge >= 0.3 is 0 Å². The zero-order chi connectivity index (χ0) is 9.56. The lowest BCUT2D eigenvalue weighted by Gasteiger charge is -2.18. The van der Waals surface area contributed by atoms with Gasteiger partial charge in [-0.25, -0.2) is 0 Å². The van der Waals surface area contributed by atoms with E-state index in [1.807, 2.05) is 0 Å². The zero-order valence-corrected chi connectivity index (χ0v) is 8.89. The van der Waals surface area contributed by atoms with Crippen LogP contribution in [0.5, 0.6) is 0 Å². The number of carbonyl (C=O) groups excluding carboxylic acids is 1. The Morgan fingerprint density at radius 1 is 1.17 bits per heavy atom. The predicted molar refractivity (Wildman–Crippen MR) is 53.2 cm³/mol. The number of ketones is 1. The molecule has 0 aromatic rings. The molecule has 72 valence electrons. The molecule has 0 aliphatic heterocycles. The molecule has 0 radical (unpaired) electrons. The molecule has 0 aromatic carbocycles. The highest BCUT2D eigenvalue weighted by atomic mass is 16.1. The molecule has 0 amide bonds. The van der Waals surface area contributed by atoms with E-state index in [1.165, 1.54) is 12.8 Å². The van der Waals surface area contributed by atoms with E-state index in [9.17, 15) is 4.79 Å². The van der Waals surface area contributed by atoms with Gasteiger partial charge in [-0.3, -0.25) is 0 Å². The molecule has 0 fully saturated rings. The Morgan fingerprint density at radius 3 is 2.08 bits per heavy atom. The quantitative estimate of drug-likeness (QED) is 0.597. The highest BCUT2D eigenvalue weighted by molar-refractivity contribution is 5.75. The number of Topliss-reactive ketones (excluding diaryl/α,β-unsaturated/α-hetero) is 1. The van der Waals surface area contributed by atoms with Crippen LogP contribution >= 0.6 is 0 Å². The maximum Gasteiger partial charge on any atom is 0.129 e. The Kier molecular flexibility index (Phi) is 6.04. The van der Waals surface area contributed by atoms with Crippen molar-refractivity contribution in [2.45, 2.75) is 53.4 Å². The van der Waals surface area contributed by atoms with Crippen LogP contribution in [0.3, 0.4) is 0 Å². The second-order valence-electron chi connectivity index (χ2n) is 3.98. The van der Waals surface area contributed by atoms with Crippen molar-refractivity contribution >= 4 is 5.78 Å². The lowest BCUT2D eigenvalue weighted by atomic mass is 9.88. The predicted octanol–water partition coefficient (Wildman–Crippen LogP) is 3.43. The molecular weight excluding hydrogens is 148 g/mol. The van der Waals surface area contributed by atoms with Crippen molar-refractivity contribution < 1.29 is 4.79 Å². The van der Waals surface area contributed by atoms with E-state index in [0.29, 0.717) is 11.7 Å². The van der Waals surface area contributed by atoms with Crippen LogP contribution in [0.2, 0.25) is 0 Å². The average molecular weight is 170 g/mol. The minimum Gasteiger partial charge on any atom is -0.300 e. The highest BCUT2D eigenvalue weighted by Crippen LogP contribution is 2.21. The van der Waals surface area contributed by atoms with E-state index in [1.54, 1.807) is 6.92 Å². The molecule has 1 nitrogen and oxygen atoms in total. The molecule has 2 unspecified atom stereocenters. The molecule has 0 rings (SSSR count). The average Bonchev–Trinajstić information content (AvgIpc) is 2.00. The first-order valence-corrected chi connectivity index (χ1v) is 5.07. The van der Waals surface area contributed by atoms with E-state index in [-0.39, 0.29) is 0 Å². The number of hydrogen-bond acceptors (Lipinski definition) is 1. The van der Waals surface area contributed by atoms with Crippen molar-refractivity contribution in [2.75, 3.05) is 0 Å². The first-order chi connectivity index (χ1) is 5.57. The molecule has 0 heterocycles. The van der Waals surface area contributed by atoms with E-state index < -0.39 is 0 Å². The van der Waals surface area contributed by atoms with Crippen molar-refractivity contribution in [3.63, 3.8) is 0 Å². The Labute approximate surface area is 76.6 Å². The van der Waals surface area contributed by atoms with Crippen LogP contribution in [0.25, 0.3) is 0 Å². The summed E-state index contributed by atoms with van der Waals surface area (Å²) in [5, 5.41) is 0. The molecule has 0 aliphatic rings. The molecule has 0 saturated heterocycles. The van der Waals surface area contributed by atoms with Crippen molar-refractivity contribution in [1.29, 1.82) is 0 Å². The topological polar surface area (TPSA) is 17.1 Å². The lowest BCUT2D eigenvalue weighted by Crippen LogP contribution is -2.09. The summed E-state index contributed by atoms with van der Waals surface area (Å²) in [7, 11) is 0. The van der Waals surface area contributed by atoms with Gasteiger partial charge in [0.1, 0.15) is 5.78 Å². The Bertz CT molecular complexity index is 129. The molecule has 0 N–H and O–H groups in total. The van der Waals surface area contributed by atoms with Crippen LogP contribution in [0.4, 0.5) is 0 Å². The fraction of sp³-hybridized carbons (Fsp3) is 0.909. The lowest BCUT2D eigenvalue weighted by molar-refractivity contribution is -0.117. The minimum absolute atomic E-state index is 0.325. The zero-order valence-electron chi connectivity index (χ0n) is 8.89. The fourth-order valence-electron chi connectivity index (χ4n) is 1.46. The molecule has 0 aromatic heterocycles. The molecular formula is C11H22O. The van der Waals surface area contributed by atoms with E-state index in [0.717, 1.165) is 18.8 Å². The van der Waals surface area contributed by atoms with Gasteiger partial charge in [0.2, 0.25) is 0 Å². The van der Waals surface area contributed by atoms with Crippen LogP contribution in [-0.2, 0) is 4.79 Å². The molecule has 0 aliphatic carbocycles. The molecule has 2 atom stereocenters. The monoisotopic (exact) mass is 170 g/mol. The SMILES string of the molecule is CCCC(C)C(C)CCC(C)=O.